The van der Waals surface area contributed by atoms with Crippen molar-refractivity contribution in [1.82, 2.24) is 5.32 Å². The van der Waals surface area contributed by atoms with Crippen molar-refractivity contribution in [2.75, 3.05) is 13.2 Å². The maximum Gasteiger partial charge on any atom is 0.325 e. The van der Waals surface area contributed by atoms with Crippen molar-refractivity contribution in [3.05, 3.63) is 76.3 Å². The minimum atomic E-state index is -0.674. The molecule has 0 aliphatic rings. The fourth-order valence-electron chi connectivity index (χ4n) is 1.87. The van der Waals surface area contributed by atoms with Gasteiger partial charge in [-0.1, -0.05) is 58.4 Å². The third-order valence-corrected chi connectivity index (χ3v) is 3.69. The second-order valence-electron chi connectivity index (χ2n) is 5.05. The average Bonchev–Trinajstić information content (AvgIpc) is 2.64. The predicted octanol–water partition coefficient (Wildman–Crippen LogP) is 3.00. The summed E-state index contributed by atoms with van der Waals surface area (Å²) in [5, 5.41) is 2.41. The number of hydrogen-bond donors (Lipinski definition) is 1. The van der Waals surface area contributed by atoms with E-state index >= 15 is 0 Å². The lowest BCUT2D eigenvalue weighted by Gasteiger charge is -2.05. The van der Waals surface area contributed by atoms with Crippen LogP contribution in [0.5, 0.6) is 0 Å². The minimum Gasteiger partial charge on any atom is -0.456 e. The van der Waals surface area contributed by atoms with Crippen LogP contribution >= 0.6 is 15.9 Å². The lowest BCUT2D eigenvalue weighted by atomic mass is 10.1. The molecule has 0 radical (unpaired) electrons. The van der Waals surface area contributed by atoms with Gasteiger partial charge in [0.25, 0.3) is 0 Å². The van der Waals surface area contributed by atoms with Gasteiger partial charge in [0.2, 0.25) is 5.91 Å². The topological polar surface area (TPSA) is 72.5 Å². The summed E-state index contributed by atoms with van der Waals surface area (Å²) in [5.41, 5.74) is 1.33. The Bertz CT molecular complexity index is 770. The first kappa shape index (κ1) is 18.6. The quantitative estimate of drug-likeness (QED) is 0.439. The van der Waals surface area contributed by atoms with Crippen LogP contribution in [0.4, 0.5) is 0 Å². The van der Waals surface area contributed by atoms with Crippen LogP contribution in [0.25, 0.3) is 6.08 Å². The van der Waals surface area contributed by atoms with Crippen molar-refractivity contribution in [3.8, 4) is 0 Å². The number of carbonyl (C=O) groups is 3. The molecule has 1 N–H and O–H groups in total. The minimum absolute atomic E-state index is 0.300. The largest absolute Gasteiger partial charge is 0.456 e. The Morgan fingerprint density at radius 2 is 1.68 bits per heavy atom. The van der Waals surface area contributed by atoms with Gasteiger partial charge < -0.3 is 10.1 Å². The van der Waals surface area contributed by atoms with E-state index < -0.39 is 11.9 Å². The normalized spacial score (nSPS) is 10.4. The highest BCUT2D eigenvalue weighted by Gasteiger charge is 2.10. The summed E-state index contributed by atoms with van der Waals surface area (Å²) < 4.78 is 5.72. The fraction of sp³-hybridized carbons (Fsp3) is 0.105. The van der Waals surface area contributed by atoms with Crippen molar-refractivity contribution in [3.63, 3.8) is 0 Å². The number of hydrogen-bond acceptors (Lipinski definition) is 4. The van der Waals surface area contributed by atoms with Gasteiger partial charge >= 0.3 is 5.97 Å². The number of benzene rings is 2. The fourth-order valence-corrected chi connectivity index (χ4v) is 2.13. The Hall–Kier alpha value is -2.73. The molecule has 0 bridgehead atoms. The SMILES string of the molecule is O=C(/C=C/c1ccccc1)NCC(=O)OCC(=O)c1ccc(Br)cc1. The van der Waals surface area contributed by atoms with E-state index in [1.165, 1.54) is 6.08 Å². The van der Waals surface area contributed by atoms with Crippen molar-refractivity contribution >= 4 is 39.7 Å². The number of amides is 1. The molecule has 0 unspecified atom stereocenters. The third-order valence-electron chi connectivity index (χ3n) is 3.16. The first-order valence-corrected chi connectivity index (χ1v) is 8.29. The molecule has 0 aliphatic heterocycles. The smallest absolute Gasteiger partial charge is 0.325 e. The lowest BCUT2D eigenvalue weighted by molar-refractivity contribution is -0.142. The Kier molecular flexibility index (Phi) is 7.10. The van der Waals surface area contributed by atoms with Crippen LogP contribution in [0.1, 0.15) is 15.9 Å². The van der Waals surface area contributed by atoms with E-state index in [1.54, 1.807) is 30.3 Å². The molecule has 0 aliphatic carbocycles. The lowest BCUT2D eigenvalue weighted by Crippen LogP contribution is -2.30. The molecule has 0 saturated carbocycles. The third kappa shape index (κ3) is 6.73. The number of carbonyl (C=O) groups excluding carboxylic acids is 3. The number of esters is 1. The van der Waals surface area contributed by atoms with E-state index in [0.717, 1.165) is 10.0 Å². The Morgan fingerprint density at radius 1 is 1.00 bits per heavy atom. The van der Waals surface area contributed by atoms with Gasteiger partial charge in [0.15, 0.2) is 12.4 Å². The number of Topliss-reactive ketones (excluding diaryl/α,β-unsaturated/α-hetero) is 1. The monoisotopic (exact) mass is 401 g/mol. The summed E-state index contributed by atoms with van der Waals surface area (Å²) in [5.74, 6) is -1.40. The zero-order valence-electron chi connectivity index (χ0n) is 13.3. The van der Waals surface area contributed by atoms with E-state index in [4.69, 9.17) is 4.74 Å². The second-order valence-corrected chi connectivity index (χ2v) is 5.97. The van der Waals surface area contributed by atoms with Crippen LogP contribution < -0.4 is 5.32 Å². The highest BCUT2D eigenvalue weighted by molar-refractivity contribution is 9.10. The highest BCUT2D eigenvalue weighted by atomic mass is 79.9. The molecular weight excluding hydrogens is 386 g/mol. The maximum absolute atomic E-state index is 11.9. The van der Waals surface area contributed by atoms with Crippen molar-refractivity contribution < 1.29 is 19.1 Å². The van der Waals surface area contributed by atoms with Gasteiger partial charge in [-0.15, -0.1) is 0 Å². The molecule has 1 amide bonds. The summed E-state index contributed by atoms with van der Waals surface area (Å²) in [7, 11) is 0. The molecular formula is C19H16BrNO4. The molecule has 25 heavy (non-hydrogen) atoms. The number of ketones is 1. The molecule has 2 rings (SSSR count). The Labute approximate surface area is 153 Å². The molecule has 0 aromatic heterocycles. The molecule has 0 atom stereocenters. The average molecular weight is 402 g/mol. The van der Waals surface area contributed by atoms with Gasteiger partial charge in [0.1, 0.15) is 6.54 Å². The van der Waals surface area contributed by atoms with Crippen molar-refractivity contribution in [1.29, 1.82) is 0 Å². The maximum atomic E-state index is 11.9. The Balaban J connectivity index is 1.71. The molecule has 2 aromatic carbocycles. The summed E-state index contributed by atoms with van der Waals surface area (Å²) >= 11 is 3.28. The molecule has 0 spiro atoms. The van der Waals surface area contributed by atoms with Crippen LogP contribution in [0.15, 0.2) is 65.1 Å². The second kappa shape index (κ2) is 9.54. The number of rotatable bonds is 7. The van der Waals surface area contributed by atoms with E-state index in [2.05, 4.69) is 21.2 Å². The molecule has 0 fully saturated rings. The first-order valence-electron chi connectivity index (χ1n) is 7.50. The number of ether oxygens (including phenoxy) is 1. The summed E-state index contributed by atoms with van der Waals surface area (Å²) in [6.45, 7) is -0.665. The van der Waals surface area contributed by atoms with Crippen LogP contribution in [-0.4, -0.2) is 30.8 Å². The zero-order chi connectivity index (χ0) is 18.1. The Morgan fingerprint density at radius 3 is 2.36 bits per heavy atom. The van der Waals surface area contributed by atoms with E-state index in [9.17, 15) is 14.4 Å². The van der Waals surface area contributed by atoms with Crippen LogP contribution in [0.3, 0.4) is 0 Å². The standard InChI is InChI=1S/C19H16BrNO4/c20-16-9-7-15(8-10-16)17(22)13-25-19(24)12-21-18(23)11-6-14-4-2-1-3-5-14/h1-11H,12-13H2,(H,21,23)/b11-6+. The van der Waals surface area contributed by atoms with Gasteiger partial charge in [-0.3, -0.25) is 14.4 Å². The zero-order valence-corrected chi connectivity index (χ0v) is 14.9. The molecule has 2 aromatic rings. The molecule has 128 valence electrons. The van der Waals surface area contributed by atoms with Crippen molar-refractivity contribution in [2.45, 2.75) is 0 Å². The number of nitrogens with one attached hydrogen (secondary N) is 1. The van der Waals surface area contributed by atoms with E-state index in [-0.39, 0.29) is 18.9 Å². The van der Waals surface area contributed by atoms with E-state index in [0.29, 0.717) is 5.56 Å². The summed E-state index contributed by atoms with van der Waals surface area (Å²) in [6, 6.07) is 16.0. The summed E-state index contributed by atoms with van der Waals surface area (Å²) in [6.07, 6.45) is 2.97. The van der Waals surface area contributed by atoms with E-state index in [1.807, 2.05) is 30.3 Å². The first-order chi connectivity index (χ1) is 12.0. The van der Waals surface area contributed by atoms with Gasteiger partial charge in [-0.05, 0) is 23.8 Å². The van der Waals surface area contributed by atoms with Gasteiger partial charge in [0.05, 0.1) is 0 Å². The van der Waals surface area contributed by atoms with Crippen LogP contribution in [0, 0.1) is 0 Å². The van der Waals surface area contributed by atoms with Crippen LogP contribution in [0.2, 0.25) is 0 Å². The highest BCUT2D eigenvalue weighted by Crippen LogP contribution is 2.11. The molecule has 0 saturated heterocycles. The number of halogens is 1. The summed E-state index contributed by atoms with van der Waals surface area (Å²) in [4.78, 5) is 35.1. The van der Waals surface area contributed by atoms with Gasteiger partial charge in [-0.25, -0.2) is 0 Å². The molecule has 0 heterocycles. The van der Waals surface area contributed by atoms with Crippen molar-refractivity contribution in [2.24, 2.45) is 0 Å². The van der Waals surface area contributed by atoms with Gasteiger partial charge in [-0.2, -0.15) is 0 Å². The predicted molar refractivity (Wildman–Crippen MR) is 97.9 cm³/mol. The van der Waals surface area contributed by atoms with Gasteiger partial charge in [0, 0.05) is 16.1 Å². The molecule has 5 nitrogen and oxygen atoms in total. The van der Waals surface area contributed by atoms with Crippen LogP contribution in [-0.2, 0) is 14.3 Å². The molecule has 6 heteroatoms.